The summed E-state index contributed by atoms with van der Waals surface area (Å²) in [5, 5.41) is 4.77. The summed E-state index contributed by atoms with van der Waals surface area (Å²) in [5.41, 5.74) is 2.73. The van der Waals surface area contributed by atoms with Crippen LogP contribution in [0.5, 0.6) is 11.5 Å². The quantitative estimate of drug-likeness (QED) is 0.319. The van der Waals surface area contributed by atoms with Crippen molar-refractivity contribution >= 4 is 45.9 Å². The van der Waals surface area contributed by atoms with Gasteiger partial charge in [-0.15, -0.1) is 11.8 Å². The number of ether oxygens (including phenoxy) is 2. The van der Waals surface area contributed by atoms with Crippen LogP contribution in [-0.2, 0) is 11.3 Å². The zero-order valence-electron chi connectivity index (χ0n) is 17.8. The number of thioether (sulfide) groups is 1. The SMILES string of the molecule is COc1ccc(OC)c(NC(=O)CSc2cn(Cc3ccccc3Cl)c3ccccc23)c1. The Morgan fingerprint density at radius 1 is 1.03 bits per heavy atom. The van der Waals surface area contributed by atoms with E-state index in [1.54, 1.807) is 32.4 Å². The normalized spacial score (nSPS) is 10.8. The van der Waals surface area contributed by atoms with Crippen LogP contribution in [0.15, 0.2) is 77.8 Å². The van der Waals surface area contributed by atoms with E-state index in [0.29, 0.717) is 23.7 Å². The first-order chi connectivity index (χ1) is 15.6. The first-order valence-corrected chi connectivity index (χ1v) is 11.4. The average molecular weight is 467 g/mol. The molecule has 32 heavy (non-hydrogen) atoms. The van der Waals surface area contributed by atoms with Crippen molar-refractivity contribution in [3.63, 3.8) is 0 Å². The molecule has 0 saturated heterocycles. The van der Waals surface area contributed by atoms with Crippen LogP contribution in [0.2, 0.25) is 5.02 Å². The standard InChI is InChI=1S/C25H23ClN2O3S/c1-30-18-11-12-23(31-2)21(13-18)27-25(29)16-32-24-15-28(22-10-6-4-8-19(22)24)14-17-7-3-5-9-20(17)26/h3-13,15H,14,16H2,1-2H3,(H,27,29). The third kappa shape index (κ3) is 4.87. The number of amides is 1. The molecule has 1 heterocycles. The summed E-state index contributed by atoms with van der Waals surface area (Å²) < 4.78 is 12.8. The highest BCUT2D eigenvalue weighted by Crippen LogP contribution is 2.32. The molecule has 0 fully saturated rings. The van der Waals surface area contributed by atoms with Gasteiger partial charge in [-0.05, 0) is 29.8 Å². The maximum Gasteiger partial charge on any atom is 0.234 e. The second kappa shape index (κ2) is 10.0. The molecular formula is C25H23ClN2O3S. The van der Waals surface area contributed by atoms with Crippen molar-refractivity contribution in [3.8, 4) is 11.5 Å². The van der Waals surface area contributed by atoms with Gasteiger partial charge in [-0.2, -0.15) is 0 Å². The molecule has 0 atom stereocenters. The highest BCUT2D eigenvalue weighted by atomic mass is 35.5. The number of hydrogen-bond donors (Lipinski definition) is 1. The monoisotopic (exact) mass is 466 g/mol. The lowest BCUT2D eigenvalue weighted by Gasteiger charge is -2.11. The minimum atomic E-state index is -0.121. The molecule has 5 nitrogen and oxygen atoms in total. The minimum absolute atomic E-state index is 0.121. The van der Waals surface area contributed by atoms with Gasteiger partial charge in [0.2, 0.25) is 5.91 Å². The molecule has 1 aromatic heterocycles. The van der Waals surface area contributed by atoms with E-state index in [1.165, 1.54) is 11.8 Å². The van der Waals surface area contributed by atoms with Crippen molar-refractivity contribution in [2.24, 2.45) is 0 Å². The van der Waals surface area contributed by atoms with E-state index in [1.807, 2.05) is 36.4 Å². The Hall–Kier alpha value is -3.09. The Balaban J connectivity index is 1.51. The Kier molecular flexibility index (Phi) is 6.93. The second-order valence-electron chi connectivity index (χ2n) is 7.13. The minimum Gasteiger partial charge on any atom is -0.497 e. The molecule has 0 radical (unpaired) electrons. The van der Waals surface area contributed by atoms with E-state index in [0.717, 1.165) is 26.4 Å². The van der Waals surface area contributed by atoms with Crippen molar-refractivity contribution in [1.82, 2.24) is 4.57 Å². The summed E-state index contributed by atoms with van der Waals surface area (Å²) in [6.07, 6.45) is 2.08. The lowest BCUT2D eigenvalue weighted by Crippen LogP contribution is -2.14. The van der Waals surface area contributed by atoms with E-state index < -0.39 is 0 Å². The Morgan fingerprint density at radius 2 is 1.81 bits per heavy atom. The number of nitrogens with one attached hydrogen (secondary N) is 1. The molecular weight excluding hydrogens is 444 g/mol. The average Bonchev–Trinajstić information content (AvgIpc) is 3.16. The van der Waals surface area contributed by atoms with Crippen molar-refractivity contribution in [3.05, 3.63) is 83.5 Å². The number of fused-ring (bicyclic) bond motifs is 1. The van der Waals surface area contributed by atoms with Crippen LogP contribution in [0.1, 0.15) is 5.56 Å². The number of benzene rings is 3. The van der Waals surface area contributed by atoms with E-state index in [-0.39, 0.29) is 11.7 Å². The predicted molar refractivity (Wildman–Crippen MR) is 131 cm³/mol. The van der Waals surface area contributed by atoms with Crippen LogP contribution in [0.3, 0.4) is 0 Å². The smallest absolute Gasteiger partial charge is 0.234 e. The fourth-order valence-electron chi connectivity index (χ4n) is 3.51. The highest BCUT2D eigenvalue weighted by Gasteiger charge is 2.14. The fraction of sp³-hybridized carbons (Fsp3) is 0.160. The number of para-hydroxylation sites is 1. The van der Waals surface area contributed by atoms with E-state index in [2.05, 4.69) is 28.2 Å². The van der Waals surface area contributed by atoms with E-state index in [4.69, 9.17) is 21.1 Å². The van der Waals surface area contributed by atoms with Gasteiger partial charge in [-0.3, -0.25) is 4.79 Å². The number of aromatic nitrogens is 1. The number of nitrogens with zero attached hydrogens (tertiary/aromatic N) is 1. The third-order valence-electron chi connectivity index (χ3n) is 5.09. The molecule has 0 aliphatic rings. The predicted octanol–water partition coefficient (Wildman–Crippen LogP) is 6.09. The van der Waals surface area contributed by atoms with Crippen LogP contribution in [0.4, 0.5) is 5.69 Å². The largest absolute Gasteiger partial charge is 0.497 e. The summed E-state index contributed by atoms with van der Waals surface area (Å²) in [7, 11) is 3.15. The van der Waals surface area contributed by atoms with Gasteiger partial charge in [-0.1, -0.05) is 48.0 Å². The summed E-state index contributed by atoms with van der Waals surface area (Å²) in [5.74, 6) is 1.38. The van der Waals surface area contributed by atoms with Crippen molar-refractivity contribution in [1.29, 1.82) is 0 Å². The number of methoxy groups -OCH3 is 2. The first kappa shape index (κ1) is 22.1. The van der Waals surface area contributed by atoms with Gasteiger partial charge in [-0.25, -0.2) is 0 Å². The molecule has 4 rings (SSSR count). The molecule has 164 valence electrons. The van der Waals surface area contributed by atoms with Crippen molar-refractivity contribution in [2.75, 3.05) is 25.3 Å². The van der Waals surface area contributed by atoms with Gasteiger partial charge < -0.3 is 19.4 Å². The Morgan fingerprint density at radius 3 is 2.59 bits per heavy atom. The summed E-state index contributed by atoms with van der Waals surface area (Å²) in [4.78, 5) is 13.7. The molecule has 1 N–H and O–H groups in total. The zero-order valence-corrected chi connectivity index (χ0v) is 19.4. The number of carbonyl (C=O) groups is 1. The van der Waals surface area contributed by atoms with E-state index >= 15 is 0 Å². The third-order valence-corrected chi connectivity index (χ3v) is 6.50. The van der Waals surface area contributed by atoms with Crippen molar-refractivity contribution in [2.45, 2.75) is 11.4 Å². The molecule has 0 spiro atoms. The van der Waals surface area contributed by atoms with Gasteiger partial charge in [0.05, 0.1) is 25.7 Å². The summed E-state index contributed by atoms with van der Waals surface area (Å²) in [6.45, 7) is 0.661. The molecule has 0 saturated carbocycles. The van der Waals surface area contributed by atoms with Gasteiger partial charge >= 0.3 is 0 Å². The molecule has 4 aromatic rings. The van der Waals surface area contributed by atoms with Gasteiger partial charge in [0.25, 0.3) is 0 Å². The van der Waals surface area contributed by atoms with Crippen LogP contribution in [-0.4, -0.2) is 30.4 Å². The summed E-state index contributed by atoms with van der Waals surface area (Å²) >= 11 is 7.87. The number of halogens is 1. The van der Waals surface area contributed by atoms with Gasteiger partial charge in [0, 0.05) is 39.6 Å². The van der Waals surface area contributed by atoms with Crippen LogP contribution in [0, 0.1) is 0 Å². The molecule has 0 bridgehead atoms. The number of rotatable bonds is 8. The molecule has 3 aromatic carbocycles. The lowest BCUT2D eigenvalue weighted by atomic mass is 10.2. The zero-order chi connectivity index (χ0) is 22.5. The molecule has 7 heteroatoms. The maximum atomic E-state index is 12.7. The van der Waals surface area contributed by atoms with Crippen molar-refractivity contribution < 1.29 is 14.3 Å². The Labute approximate surface area is 196 Å². The highest BCUT2D eigenvalue weighted by molar-refractivity contribution is 8.00. The first-order valence-electron chi connectivity index (χ1n) is 10.0. The second-order valence-corrected chi connectivity index (χ2v) is 8.56. The summed E-state index contributed by atoms with van der Waals surface area (Å²) in [6, 6.07) is 21.3. The van der Waals surface area contributed by atoms with E-state index in [9.17, 15) is 4.79 Å². The number of hydrogen-bond acceptors (Lipinski definition) is 4. The number of carbonyl (C=O) groups excluding carboxylic acids is 1. The topological polar surface area (TPSA) is 52.5 Å². The van der Waals surface area contributed by atoms with Gasteiger partial charge in [0.1, 0.15) is 11.5 Å². The number of anilines is 1. The lowest BCUT2D eigenvalue weighted by molar-refractivity contribution is -0.113. The van der Waals surface area contributed by atoms with Crippen LogP contribution in [0.25, 0.3) is 10.9 Å². The fourth-order valence-corrected chi connectivity index (χ4v) is 4.59. The molecule has 0 unspecified atom stereocenters. The maximum absolute atomic E-state index is 12.7. The Bertz CT molecular complexity index is 1260. The molecule has 1 amide bonds. The van der Waals surface area contributed by atoms with Crippen LogP contribution < -0.4 is 14.8 Å². The molecule has 0 aliphatic heterocycles. The molecule has 0 aliphatic carbocycles. The van der Waals surface area contributed by atoms with Crippen LogP contribution >= 0.6 is 23.4 Å². The van der Waals surface area contributed by atoms with Gasteiger partial charge in [0.15, 0.2) is 0 Å².